The van der Waals surface area contributed by atoms with E-state index in [1.807, 2.05) is 0 Å². The fourth-order valence-electron chi connectivity index (χ4n) is 5.21. The molecule has 226 valence electrons. The number of epoxide rings is 4. The first-order valence-corrected chi connectivity index (χ1v) is 14.8. The van der Waals surface area contributed by atoms with Crippen molar-refractivity contribution < 1.29 is 57.3 Å². The number of hydrogen-bond acceptors (Lipinski definition) is 12. The third-order valence-corrected chi connectivity index (χ3v) is 7.96. The highest BCUT2D eigenvalue weighted by atomic mass is 17.2. The molecule has 1 aliphatic carbocycles. The zero-order chi connectivity index (χ0) is 27.7. The van der Waals surface area contributed by atoms with Crippen LogP contribution in [0.3, 0.4) is 0 Å². The van der Waals surface area contributed by atoms with E-state index in [1.54, 1.807) is 0 Å². The normalized spacial score (nSPS) is 33.0. The van der Waals surface area contributed by atoms with Gasteiger partial charge in [-0.05, 0) is 51.4 Å². The van der Waals surface area contributed by atoms with E-state index in [0.717, 1.165) is 58.5 Å². The van der Waals surface area contributed by atoms with E-state index in [2.05, 4.69) is 0 Å². The lowest BCUT2D eigenvalue weighted by molar-refractivity contribution is -0.313. The Morgan fingerprint density at radius 2 is 0.850 bits per heavy atom. The first-order chi connectivity index (χ1) is 19.6. The summed E-state index contributed by atoms with van der Waals surface area (Å²) in [5.41, 5.74) is 0. The topological polar surface area (TPSA) is 147 Å². The van der Waals surface area contributed by atoms with Crippen molar-refractivity contribution >= 4 is 17.9 Å². The van der Waals surface area contributed by atoms with Crippen LogP contribution in [0, 0.1) is 23.7 Å². The van der Waals surface area contributed by atoms with Crippen molar-refractivity contribution in [3.05, 3.63) is 0 Å². The van der Waals surface area contributed by atoms with Gasteiger partial charge in [-0.25, -0.2) is 9.78 Å². The molecule has 4 aliphatic heterocycles. The Balaban J connectivity index is 1.16. The summed E-state index contributed by atoms with van der Waals surface area (Å²) in [6.45, 7) is 3.92. The van der Waals surface area contributed by atoms with Crippen LogP contribution in [-0.2, 0) is 57.3 Å². The summed E-state index contributed by atoms with van der Waals surface area (Å²) in [7, 11) is 0. The van der Waals surface area contributed by atoms with Crippen LogP contribution in [0.2, 0.25) is 0 Å². The summed E-state index contributed by atoms with van der Waals surface area (Å²) >= 11 is 0. The van der Waals surface area contributed by atoms with E-state index < -0.39 is 41.6 Å². The Labute approximate surface area is 234 Å². The van der Waals surface area contributed by atoms with Gasteiger partial charge >= 0.3 is 17.9 Å². The van der Waals surface area contributed by atoms with Gasteiger partial charge in [0.15, 0.2) is 0 Å². The summed E-state index contributed by atoms with van der Waals surface area (Å²) in [5, 5.41) is 0. The highest BCUT2D eigenvalue weighted by molar-refractivity contribution is 5.91. The maximum atomic E-state index is 13.2. The molecule has 4 saturated heterocycles. The lowest BCUT2D eigenvalue weighted by Crippen LogP contribution is -2.59. The molecule has 4 heterocycles. The summed E-state index contributed by atoms with van der Waals surface area (Å²) in [5.74, 6) is -5.10. The second-order valence-electron chi connectivity index (χ2n) is 11.2. The molecule has 0 amide bonds. The van der Waals surface area contributed by atoms with Gasteiger partial charge in [-0.2, -0.15) is 0 Å². The molecule has 0 aromatic rings. The van der Waals surface area contributed by atoms with Gasteiger partial charge < -0.3 is 33.2 Å². The monoisotopic (exact) mass is 570 g/mol. The molecule has 12 nitrogen and oxygen atoms in total. The van der Waals surface area contributed by atoms with Gasteiger partial charge in [0.05, 0.1) is 102 Å². The lowest BCUT2D eigenvalue weighted by atomic mass is 9.56. The molecule has 6 atom stereocenters. The second-order valence-corrected chi connectivity index (χ2v) is 11.2. The van der Waals surface area contributed by atoms with Crippen LogP contribution in [-0.4, -0.2) is 102 Å². The Morgan fingerprint density at radius 1 is 0.500 bits per heavy atom. The highest BCUT2D eigenvalue weighted by Gasteiger charge is 2.62. The van der Waals surface area contributed by atoms with Crippen LogP contribution >= 0.6 is 0 Å². The standard InChI is InChI=1S/C28H42O12/c29-26(32-9-1-5-18-13-35-18)23-22(17-40-39-12-4-8-21-16-38-21)24(27(30)33-10-2-6-19-14-36-19)25(23)28(31)34-11-3-7-20-15-37-20/h18-25H,1-17H2. The predicted molar refractivity (Wildman–Crippen MR) is 135 cm³/mol. The smallest absolute Gasteiger partial charge is 0.310 e. The Bertz CT molecular complexity index is 795. The molecule has 6 unspecified atom stereocenters. The second kappa shape index (κ2) is 14.9. The molecule has 0 aromatic carbocycles. The van der Waals surface area contributed by atoms with Crippen LogP contribution in [0.4, 0.5) is 0 Å². The minimum Gasteiger partial charge on any atom is -0.465 e. The fraction of sp³-hybridized carbons (Fsp3) is 0.893. The van der Waals surface area contributed by atoms with E-state index in [9.17, 15) is 14.4 Å². The number of carbonyl (C=O) groups is 3. The summed E-state index contributed by atoms with van der Waals surface area (Å²) in [6.07, 6.45) is 7.03. The van der Waals surface area contributed by atoms with Crippen LogP contribution in [0.15, 0.2) is 0 Å². The average Bonchev–Trinajstić information content (AvgIpc) is 3.76. The number of carbonyl (C=O) groups excluding carboxylic acids is 3. The van der Waals surface area contributed by atoms with Crippen molar-refractivity contribution in [2.45, 2.75) is 75.8 Å². The van der Waals surface area contributed by atoms with Crippen molar-refractivity contribution in [2.24, 2.45) is 23.7 Å². The average molecular weight is 571 g/mol. The van der Waals surface area contributed by atoms with Crippen LogP contribution in [0.5, 0.6) is 0 Å². The summed E-state index contributed by atoms with van der Waals surface area (Å²) in [6, 6.07) is 0. The molecule has 0 N–H and O–H groups in total. The first-order valence-electron chi connectivity index (χ1n) is 14.8. The quantitative estimate of drug-likeness (QED) is 0.0466. The molecule has 5 aliphatic rings. The minimum absolute atomic E-state index is 0.0475. The van der Waals surface area contributed by atoms with Gasteiger partial charge in [0.25, 0.3) is 0 Å². The number of esters is 3. The highest BCUT2D eigenvalue weighted by Crippen LogP contribution is 2.49. The molecule has 0 bridgehead atoms. The van der Waals surface area contributed by atoms with Crippen molar-refractivity contribution in [1.29, 1.82) is 0 Å². The summed E-state index contributed by atoms with van der Waals surface area (Å²) in [4.78, 5) is 50.4. The Hall–Kier alpha value is -1.83. The molecule has 5 fully saturated rings. The van der Waals surface area contributed by atoms with Gasteiger partial charge in [-0.15, -0.1) is 0 Å². The SMILES string of the molecule is O=C(OCCCC1CO1)C1C(COOCCCC2CO2)C(C(=O)OCCCC2CO2)C1C(=O)OCCCC1CO1. The van der Waals surface area contributed by atoms with Crippen molar-refractivity contribution in [1.82, 2.24) is 0 Å². The minimum atomic E-state index is -1.00. The summed E-state index contributed by atoms with van der Waals surface area (Å²) < 4.78 is 37.4. The lowest BCUT2D eigenvalue weighted by Gasteiger charge is -2.46. The molecule has 0 radical (unpaired) electrons. The van der Waals surface area contributed by atoms with E-state index in [0.29, 0.717) is 32.0 Å². The molecular formula is C28H42O12. The largest absolute Gasteiger partial charge is 0.465 e. The molecule has 12 heteroatoms. The zero-order valence-electron chi connectivity index (χ0n) is 23.0. The third kappa shape index (κ3) is 9.63. The molecule has 5 rings (SSSR count). The van der Waals surface area contributed by atoms with Gasteiger partial charge in [0, 0.05) is 5.92 Å². The maximum absolute atomic E-state index is 13.2. The van der Waals surface area contributed by atoms with E-state index >= 15 is 0 Å². The molecule has 0 spiro atoms. The van der Waals surface area contributed by atoms with Crippen molar-refractivity contribution in [3.63, 3.8) is 0 Å². The Morgan fingerprint density at radius 3 is 1.23 bits per heavy atom. The van der Waals surface area contributed by atoms with E-state index in [1.165, 1.54) is 0 Å². The fourth-order valence-corrected chi connectivity index (χ4v) is 5.21. The predicted octanol–water partition coefficient (Wildman–Crippen LogP) is 1.76. The molecule has 40 heavy (non-hydrogen) atoms. The maximum Gasteiger partial charge on any atom is 0.310 e. The first kappa shape index (κ1) is 29.7. The number of hydrogen-bond donors (Lipinski definition) is 0. The van der Waals surface area contributed by atoms with Gasteiger partial charge in [0.2, 0.25) is 0 Å². The van der Waals surface area contributed by atoms with Crippen LogP contribution in [0.1, 0.15) is 51.4 Å². The molecule has 1 saturated carbocycles. The zero-order valence-corrected chi connectivity index (χ0v) is 23.0. The van der Waals surface area contributed by atoms with Gasteiger partial charge in [-0.3, -0.25) is 14.4 Å². The number of ether oxygens (including phenoxy) is 7. The van der Waals surface area contributed by atoms with Crippen LogP contribution < -0.4 is 0 Å². The molecule has 0 aromatic heterocycles. The van der Waals surface area contributed by atoms with Crippen LogP contribution in [0.25, 0.3) is 0 Å². The Kier molecular flexibility index (Phi) is 11.0. The molecular weight excluding hydrogens is 528 g/mol. The van der Waals surface area contributed by atoms with Gasteiger partial charge in [0.1, 0.15) is 0 Å². The third-order valence-electron chi connectivity index (χ3n) is 7.96. The van der Waals surface area contributed by atoms with Crippen molar-refractivity contribution in [2.75, 3.05) is 59.5 Å². The number of rotatable bonds is 22. The van der Waals surface area contributed by atoms with E-state index in [4.69, 9.17) is 42.9 Å². The van der Waals surface area contributed by atoms with Gasteiger partial charge in [-0.1, -0.05) is 0 Å². The van der Waals surface area contributed by atoms with E-state index in [-0.39, 0.29) is 44.7 Å². The van der Waals surface area contributed by atoms with Crippen molar-refractivity contribution in [3.8, 4) is 0 Å².